The lowest BCUT2D eigenvalue weighted by Crippen LogP contribution is -2.48. The predicted molar refractivity (Wildman–Crippen MR) is 96.8 cm³/mol. The van der Waals surface area contributed by atoms with Crippen LogP contribution in [0.1, 0.15) is 37.7 Å². The van der Waals surface area contributed by atoms with E-state index in [9.17, 15) is 9.18 Å². The highest BCUT2D eigenvalue weighted by atomic mass is 35.5. The fraction of sp³-hybridized carbons (Fsp3) is 0.650. The van der Waals surface area contributed by atoms with Crippen LogP contribution in [-0.2, 0) is 11.3 Å². The third-order valence-corrected chi connectivity index (χ3v) is 6.84. The van der Waals surface area contributed by atoms with E-state index in [0.717, 1.165) is 44.4 Å². The molecule has 25 heavy (non-hydrogen) atoms. The molecule has 3 fully saturated rings. The van der Waals surface area contributed by atoms with Crippen molar-refractivity contribution in [3.05, 3.63) is 34.6 Å². The van der Waals surface area contributed by atoms with Gasteiger partial charge in [0.1, 0.15) is 5.82 Å². The predicted octanol–water partition coefficient (Wildman–Crippen LogP) is 3.95. The molecule has 2 bridgehead atoms. The number of piperazine rings is 1. The Morgan fingerprint density at radius 3 is 2.60 bits per heavy atom. The highest BCUT2D eigenvalue weighted by molar-refractivity contribution is 6.31. The van der Waals surface area contributed by atoms with E-state index in [2.05, 4.69) is 4.90 Å². The highest BCUT2D eigenvalue weighted by Crippen LogP contribution is 2.49. The first kappa shape index (κ1) is 17.3. The molecule has 1 aromatic carbocycles. The van der Waals surface area contributed by atoms with Crippen molar-refractivity contribution in [1.82, 2.24) is 9.80 Å². The minimum absolute atomic E-state index is 0.248. The molecule has 4 rings (SSSR count). The largest absolute Gasteiger partial charge is 0.340 e. The highest BCUT2D eigenvalue weighted by Gasteiger charge is 2.40. The number of hydrogen-bond acceptors (Lipinski definition) is 2. The molecule has 2 saturated carbocycles. The number of fused-ring (bicyclic) bond motifs is 2. The normalized spacial score (nSPS) is 29.4. The van der Waals surface area contributed by atoms with E-state index in [0.29, 0.717) is 29.0 Å². The lowest BCUT2D eigenvalue weighted by molar-refractivity contribution is -0.134. The molecule has 1 aromatic rings. The molecular formula is C20H26ClFN2O. The summed E-state index contributed by atoms with van der Waals surface area (Å²) in [6, 6.07) is 4.82. The van der Waals surface area contributed by atoms with Crippen LogP contribution in [0, 0.1) is 23.6 Å². The second-order valence-corrected chi connectivity index (χ2v) is 8.40. The summed E-state index contributed by atoms with van der Waals surface area (Å²) in [4.78, 5) is 16.8. The first-order valence-electron chi connectivity index (χ1n) is 9.53. The SMILES string of the molecule is O=C(C[C@H]1C[C@H]2CC[C@H]1C2)N1CCN(Cc2c(F)cccc2Cl)CC1. The Labute approximate surface area is 154 Å². The van der Waals surface area contributed by atoms with Gasteiger partial charge in [0.25, 0.3) is 0 Å². The Balaban J connectivity index is 1.27. The summed E-state index contributed by atoms with van der Waals surface area (Å²) in [6.07, 6.45) is 6.07. The molecule has 1 amide bonds. The van der Waals surface area contributed by atoms with Gasteiger partial charge in [-0.25, -0.2) is 4.39 Å². The smallest absolute Gasteiger partial charge is 0.222 e. The zero-order valence-corrected chi connectivity index (χ0v) is 15.3. The maximum Gasteiger partial charge on any atom is 0.222 e. The zero-order chi connectivity index (χ0) is 17.4. The average molecular weight is 365 g/mol. The molecule has 1 saturated heterocycles. The van der Waals surface area contributed by atoms with Crippen LogP contribution in [-0.4, -0.2) is 41.9 Å². The van der Waals surface area contributed by atoms with E-state index in [1.54, 1.807) is 12.1 Å². The molecule has 2 aliphatic carbocycles. The molecule has 0 N–H and O–H groups in total. The summed E-state index contributed by atoms with van der Waals surface area (Å²) in [7, 11) is 0. The van der Waals surface area contributed by atoms with Crippen molar-refractivity contribution >= 4 is 17.5 Å². The van der Waals surface area contributed by atoms with Gasteiger partial charge in [0, 0.05) is 49.7 Å². The number of carbonyl (C=O) groups is 1. The third-order valence-electron chi connectivity index (χ3n) is 6.49. The molecule has 5 heteroatoms. The Morgan fingerprint density at radius 1 is 1.16 bits per heavy atom. The first-order chi connectivity index (χ1) is 12.1. The number of benzene rings is 1. The monoisotopic (exact) mass is 364 g/mol. The lowest BCUT2D eigenvalue weighted by Gasteiger charge is -2.36. The molecule has 3 aliphatic rings. The van der Waals surface area contributed by atoms with Crippen molar-refractivity contribution in [2.75, 3.05) is 26.2 Å². The summed E-state index contributed by atoms with van der Waals surface area (Å²) in [5.74, 6) is 2.40. The molecule has 0 aromatic heterocycles. The van der Waals surface area contributed by atoms with E-state index in [1.165, 1.54) is 31.7 Å². The number of halogens is 2. The van der Waals surface area contributed by atoms with Crippen molar-refractivity contribution in [1.29, 1.82) is 0 Å². The number of nitrogens with zero attached hydrogens (tertiary/aromatic N) is 2. The van der Waals surface area contributed by atoms with E-state index < -0.39 is 0 Å². The molecular weight excluding hydrogens is 339 g/mol. The Hall–Kier alpha value is -1.13. The van der Waals surface area contributed by atoms with Crippen molar-refractivity contribution < 1.29 is 9.18 Å². The number of rotatable bonds is 4. The minimum Gasteiger partial charge on any atom is -0.340 e. The van der Waals surface area contributed by atoms with Gasteiger partial charge in [-0.2, -0.15) is 0 Å². The Bertz CT molecular complexity index is 624. The van der Waals surface area contributed by atoms with Crippen molar-refractivity contribution in [2.45, 2.75) is 38.6 Å². The van der Waals surface area contributed by atoms with E-state index >= 15 is 0 Å². The van der Waals surface area contributed by atoms with Crippen LogP contribution in [0.5, 0.6) is 0 Å². The second-order valence-electron chi connectivity index (χ2n) is 8.00. The van der Waals surface area contributed by atoms with E-state index in [1.807, 2.05) is 4.90 Å². The van der Waals surface area contributed by atoms with E-state index in [-0.39, 0.29) is 5.82 Å². The van der Waals surface area contributed by atoms with Crippen LogP contribution in [0.4, 0.5) is 4.39 Å². The van der Waals surface area contributed by atoms with E-state index in [4.69, 9.17) is 11.6 Å². The van der Waals surface area contributed by atoms with Crippen molar-refractivity contribution in [2.24, 2.45) is 17.8 Å². The molecule has 3 atom stereocenters. The first-order valence-corrected chi connectivity index (χ1v) is 9.91. The minimum atomic E-state index is -0.248. The summed E-state index contributed by atoms with van der Waals surface area (Å²) in [5.41, 5.74) is 0.561. The van der Waals surface area contributed by atoms with Crippen LogP contribution >= 0.6 is 11.6 Å². The molecule has 0 spiro atoms. The number of hydrogen-bond donors (Lipinski definition) is 0. The lowest BCUT2D eigenvalue weighted by atomic mass is 9.86. The van der Waals surface area contributed by atoms with Crippen LogP contribution in [0.25, 0.3) is 0 Å². The van der Waals surface area contributed by atoms with Gasteiger partial charge in [-0.05, 0) is 49.1 Å². The fourth-order valence-corrected chi connectivity index (χ4v) is 5.27. The summed E-state index contributed by atoms with van der Waals surface area (Å²) >= 11 is 6.12. The molecule has 1 heterocycles. The zero-order valence-electron chi connectivity index (χ0n) is 14.6. The van der Waals surface area contributed by atoms with Gasteiger partial charge < -0.3 is 4.90 Å². The Morgan fingerprint density at radius 2 is 1.96 bits per heavy atom. The molecule has 0 unspecified atom stereocenters. The average Bonchev–Trinajstić information content (AvgIpc) is 3.22. The van der Waals surface area contributed by atoms with Crippen LogP contribution in [0.15, 0.2) is 18.2 Å². The standard InChI is InChI=1S/C20H26ClFN2O/c21-18-2-1-3-19(22)17(18)13-23-6-8-24(9-7-23)20(25)12-16-11-14-4-5-15(16)10-14/h1-3,14-16H,4-13H2/t14-,15-,16+/m0/s1. The van der Waals surface area contributed by atoms with Crippen LogP contribution < -0.4 is 0 Å². The van der Waals surface area contributed by atoms with Gasteiger partial charge in [-0.1, -0.05) is 24.1 Å². The number of carbonyl (C=O) groups excluding carboxylic acids is 1. The Kier molecular flexibility index (Phi) is 5.01. The quantitative estimate of drug-likeness (QED) is 0.807. The number of amides is 1. The molecule has 1 aliphatic heterocycles. The second kappa shape index (κ2) is 7.24. The summed E-state index contributed by atoms with van der Waals surface area (Å²) in [6.45, 7) is 3.57. The topological polar surface area (TPSA) is 23.6 Å². The van der Waals surface area contributed by atoms with Gasteiger partial charge in [0.15, 0.2) is 0 Å². The van der Waals surface area contributed by atoms with Gasteiger partial charge >= 0.3 is 0 Å². The fourth-order valence-electron chi connectivity index (χ4n) is 5.04. The summed E-state index contributed by atoms with van der Waals surface area (Å²) in [5, 5.41) is 0.481. The maximum absolute atomic E-state index is 13.9. The van der Waals surface area contributed by atoms with Gasteiger partial charge in [0.05, 0.1) is 0 Å². The van der Waals surface area contributed by atoms with Crippen LogP contribution in [0.3, 0.4) is 0 Å². The summed E-state index contributed by atoms with van der Waals surface area (Å²) < 4.78 is 13.9. The molecule has 3 nitrogen and oxygen atoms in total. The molecule has 136 valence electrons. The molecule has 0 radical (unpaired) electrons. The van der Waals surface area contributed by atoms with Gasteiger partial charge in [-0.3, -0.25) is 9.69 Å². The van der Waals surface area contributed by atoms with Gasteiger partial charge in [-0.15, -0.1) is 0 Å². The van der Waals surface area contributed by atoms with Crippen molar-refractivity contribution in [3.63, 3.8) is 0 Å². The van der Waals surface area contributed by atoms with Gasteiger partial charge in [0.2, 0.25) is 5.91 Å². The van der Waals surface area contributed by atoms with Crippen LogP contribution in [0.2, 0.25) is 5.02 Å². The third kappa shape index (κ3) is 3.70. The van der Waals surface area contributed by atoms with Crippen molar-refractivity contribution in [3.8, 4) is 0 Å². The maximum atomic E-state index is 13.9.